The van der Waals surface area contributed by atoms with E-state index in [9.17, 15) is 47.9 Å². The largest absolute Gasteiger partial charge is 0.463 e. The van der Waals surface area contributed by atoms with Gasteiger partial charge in [-0.3, -0.25) is 47.9 Å². The number of methoxy groups -OCH3 is 1. The predicted octanol–water partition coefficient (Wildman–Crippen LogP) is -0.494. The lowest BCUT2D eigenvalue weighted by atomic mass is 9.98. The van der Waals surface area contributed by atoms with Crippen molar-refractivity contribution >= 4 is 71.5 Å². The Bertz CT molecular complexity index is 1750. The molecule has 65 heavy (non-hydrogen) atoms. The van der Waals surface area contributed by atoms with Crippen molar-refractivity contribution in [2.45, 2.75) is 160 Å². The fourth-order valence-electron chi connectivity index (χ4n) is 6.97. The van der Waals surface area contributed by atoms with Crippen molar-refractivity contribution in [2.24, 2.45) is 0 Å². The highest BCUT2D eigenvalue weighted by Gasteiger charge is 2.58. The fourth-order valence-corrected chi connectivity index (χ4v) is 8.49. The van der Waals surface area contributed by atoms with Crippen LogP contribution in [-0.2, 0) is 119 Å². The molecule has 0 unspecified atom stereocenters. The van der Waals surface area contributed by atoms with E-state index in [1.165, 1.54) is 7.11 Å². The summed E-state index contributed by atoms with van der Waals surface area (Å²) in [6.07, 6.45) is -20.3. The van der Waals surface area contributed by atoms with Crippen molar-refractivity contribution in [1.82, 2.24) is 0 Å². The molecule has 0 aromatic rings. The van der Waals surface area contributed by atoms with Gasteiger partial charge in [0, 0.05) is 76.3 Å². The maximum absolute atomic E-state index is 12.9. The molecule has 3 heterocycles. The Morgan fingerprint density at radius 2 is 0.692 bits per heavy atom. The zero-order chi connectivity index (χ0) is 48.9. The molecule has 3 aliphatic heterocycles. The minimum Gasteiger partial charge on any atom is -0.463 e. The fraction of sp³-hybridized carbons (Fsp3) is 0.744. The number of carbonyl (C=O) groups excluding carboxylic acids is 10. The quantitative estimate of drug-likeness (QED) is 0.124. The molecule has 25 nitrogen and oxygen atoms in total. The summed E-state index contributed by atoms with van der Waals surface area (Å²) in [5.74, 6) is -8.85. The van der Waals surface area contributed by atoms with Gasteiger partial charge in [-0.1, -0.05) is 0 Å². The average Bonchev–Trinajstić information content (AvgIpc) is 3.16. The summed E-state index contributed by atoms with van der Waals surface area (Å²) >= 11 is 0.640. The maximum atomic E-state index is 12.9. The van der Waals surface area contributed by atoms with Crippen LogP contribution in [-0.4, -0.2) is 177 Å². The topological polar surface area (TPSA) is 309 Å². The number of esters is 10. The Kier molecular flexibility index (Phi) is 20.8. The van der Waals surface area contributed by atoms with E-state index in [1.807, 2.05) is 0 Å². The van der Waals surface area contributed by atoms with E-state index in [1.54, 1.807) is 0 Å². The van der Waals surface area contributed by atoms with Crippen molar-refractivity contribution in [3.8, 4) is 0 Å². The Labute approximate surface area is 376 Å². The first kappa shape index (κ1) is 54.2. The van der Waals surface area contributed by atoms with E-state index < -0.39 is 170 Å². The molecule has 0 radical (unpaired) electrons. The standard InChI is InChI=1S/C39H54O25S/c1-15(40)51-12-25-30(56-19(5)44)33(59-22(8)47)36(65-39-35(61-24(10)49)32(58-21(7)46)29(55-18(4)43)27(64-39)13-52-16(2)41)38(63-25)53-14-26-28(54-17(3)42)31(57-20(6)45)34(60-23(9)48)37(50-11)62-26/h25-39H,12-14H2,1-11H3/t25-,26-,27-,28-,29-,30-,31+,32+,33+,34-,35-,36-,37+,38-,39-/m1/s1. The molecule has 3 saturated heterocycles. The van der Waals surface area contributed by atoms with Gasteiger partial charge in [0.25, 0.3) is 0 Å². The molecule has 0 amide bonds. The van der Waals surface area contributed by atoms with Gasteiger partial charge < -0.3 is 71.1 Å². The van der Waals surface area contributed by atoms with Gasteiger partial charge in [0.15, 0.2) is 61.4 Å². The van der Waals surface area contributed by atoms with Crippen LogP contribution < -0.4 is 0 Å². The van der Waals surface area contributed by atoms with E-state index in [4.69, 9.17) is 71.1 Å². The molecule has 0 bridgehead atoms. The van der Waals surface area contributed by atoms with Crippen LogP contribution >= 0.6 is 11.8 Å². The summed E-state index contributed by atoms with van der Waals surface area (Å²) in [4.78, 5) is 124. The van der Waals surface area contributed by atoms with Crippen molar-refractivity contribution in [1.29, 1.82) is 0 Å². The molecule has 0 N–H and O–H groups in total. The SMILES string of the molecule is CO[C@H]1O[C@H](CO[C@@H]2O[C@H](COC(C)=O)[C@@H](OC(C)=O)[C@H](OC(C)=O)[C@H]2S[C@H]2O[C@H](COC(C)=O)[C@@H](OC(C)=O)[C@H](OC(C)=O)[C@H]2OC(C)=O)[C@@H](OC(C)=O)[C@H](OC(C)=O)[C@H]1OC(C)=O. The molecule has 15 atom stereocenters. The maximum Gasteiger partial charge on any atom is 0.303 e. The lowest BCUT2D eigenvalue weighted by Crippen LogP contribution is -2.65. The Hall–Kier alpha value is -5.15. The summed E-state index contributed by atoms with van der Waals surface area (Å²) in [5, 5.41) is -1.50. The minimum atomic E-state index is -1.73. The smallest absolute Gasteiger partial charge is 0.303 e. The number of hydrogen-bond acceptors (Lipinski definition) is 26. The van der Waals surface area contributed by atoms with Crippen LogP contribution in [0.25, 0.3) is 0 Å². The van der Waals surface area contributed by atoms with E-state index in [0.29, 0.717) is 11.8 Å². The van der Waals surface area contributed by atoms with E-state index in [-0.39, 0.29) is 0 Å². The van der Waals surface area contributed by atoms with Crippen LogP contribution in [0.2, 0.25) is 0 Å². The summed E-state index contributed by atoms with van der Waals surface area (Å²) in [6.45, 7) is 8.49. The van der Waals surface area contributed by atoms with Crippen LogP contribution in [0.1, 0.15) is 69.2 Å². The first-order valence-corrected chi connectivity index (χ1v) is 20.8. The molecule has 0 spiro atoms. The van der Waals surface area contributed by atoms with Gasteiger partial charge in [-0.05, 0) is 0 Å². The third-order valence-corrected chi connectivity index (χ3v) is 10.5. The van der Waals surface area contributed by atoms with Gasteiger partial charge in [-0.25, -0.2) is 0 Å². The van der Waals surface area contributed by atoms with Gasteiger partial charge in [-0.2, -0.15) is 0 Å². The molecule has 3 fully saturated rings. The predicted molar refractivity (Wildman–Crippen MR) is 208 cm³/mol. The molecule has 3 aliphatic rings. The molecular weight excluding hydrogens is 900 g/mol. The van der Waals surface area contributed by atoms with E-state index in [2.05, 4.69) is 0 Å². The van der Waals surface area contributed by atoms with Gasteiger partial charge in [0.05, 0.1) is 11.9 Å². The monoisotopic (exact) mass is 954 g/mol. The lowest BCUT2D eigenvalue weighted by molar-refractivity contribution is -0.316. The third kappa shape index (κ3) is 16.4. The lowest BCUT2D eigenvalue weighted by Gasteiger charge is -2.49. The molecule has 366 valence electrons. The van der Waals surface area contributed by atoms with Crippen molar-refractivity contribution in [3.63, 3.8) is 0 Å². The van der Waals surface area contributed by atoms with Gasteiger partial charge in [0.2, 0.25) is 0 Å². The van der Waals surface area contributed by atoms with Crippen LogP contribution in [0.15, 0.2) is 0 Å². The molecule has 0 aliphatic carbocycles. The van der Waals surface area contributed by atoms with Crippen LogP contribution in [0.4, 0.5) is 0 Å². The number of hydrogen-bond donors (Lipinski definition) is 0. The molecule has 0 aromatic heterocycles. The molecule has 0 aromatic carbocycles. The number of rotatable bonds is 18. The molecule has 0 saturated carbocycles. The Balaban J connectivity index is 2.27. The summed E-state index contributed by atoms with van der Waals surface area (Å²) in [5.41, 5.74) is -1.58. The zero-order valence-corrected chi connectivity index (χ0v) is 38.2. The normalized spacial score (nSPS) is 32.0. The summed E-state index contributed by atoms with van der Waals surface area (Å²) < 4.78 is 85.2. The molecule has 26 heteroatoms. The van der Waals surface area contributed by atoms with Crippen molar-refractivity contribution in [2.75, 3.05) is 26.9 Å². The first-order valence-electron chi connectivity index (χ1n) is 19.8. The highest BCUT2D eigenvalue weighted by Crippen LogP contribution is 2.43. The van der Waals surface area contributed by atoms with Gasteiger partial charge >= 0.3 is 59.7 Å². The van der Waals surface area contributed by atoms with Gasteiger partial charge in [-0.15, -0.1) is 11.8 Å². The minimum absolute atomic E-state index is 0.612. The highest BCUT2D eigenvalue weighted by molar-refractivity contribution is 8.00. The summed E-state index contributed by atoms with van der Waals surface area (Å²) in [6, 6.07) is 0. The second kappa shape index (κ2) is 24.9. The van der Waals surface area contributed by atoms with Crippen LogP contribution in [0.3, 0.4) is 0 Å². The second-order valence-corrected chi connectivity index (χ2v) is 15.8. The van der Waals surface area contributed by atoms with Gasteiger partial charge in [0.1, 0.15) is 37.0 Å². The zero-order valence-electron chi connectivity index (χ0n) is 37.4. The number of carbonyl (C=O) groups is 10. The highest BCUT2D eigenvalue weighted by atomic mass is 32.2. The van der Waals surface area contributed by atoms with Crippen molar-refractivity contribution in [3.05, 3.63) is 0 Å². The first-order chi connectivity index (χ1) is 30.4. The average molecular weight is 955 g/mol. The molecule has 3 rings (SSSR count). The Morgan fingerprint density at radius 1 is 0.369 bits per heavy atom. The molecular formula is C39H54O25S. The van der Waals surface area contributed by atoms with Crippen LogP contribution in [0.5, 0.6) is 0 Å². The second-order valence-electron chi connectivity index (χ2n) is 14.5. The van der Waals surface area contributed by atoms with Crippen LogP contribution in [0, 0.1) is 0 Å². The van der Waals surface area contributed by atoms with E-state index in [0.717, 1.165) is 69.2 Å². The summed E-state index contributed by atoms with van der Waals surface area (Å²) in [7, 11) is 1.18. The number of ether oxygens (including phenoxy) is 15. The third-order valence-electron chi connectivity index (χ3n) is 9.04. The number of thioether (sulfide) groups is 1. The van der Waals surface area contributed by atoms with E-state index >= 15 is 0 Å². The van der Waals surface area contributed by atoms with Crippen molar-refractivity contribution < 1.29 is 119 Å². The Morgan fingerprint density at radius 3 is 1.11 bits per heavy atom.